The van der Waals surface area contributed by atoms with E-state index in [0.29, 0.717) is 0 Å². The molecule has 2 nitrogen and oxygen atoms in total. The summed E-state index contributed by atoms with van der Waals surface area (Å²) in [5.41, 5.74) is 6.45. The molecule has 0 N–H and O–H groups in total. The molecule has 0 aliphatic carbocycles. The molecule has 2 heteroatoms. The van der Waals surface area contributed by atoms with Crippen LogP contribution in [0.4, 0.5) is 0 Å². The highest BCUT2D eigenvalue weighted by molar-refractivity contribution is 6.06. The van der Waals surface area contributed by atoms with Crippen LogP contribution in [0.5, 0.6) is 0 Å². The second-order valence-corrected chi connectivity index (χ2v) is 5.98. The van der Waals surface area contributed by atoms with Crippen LogP contribution in [0.2, 0.25) is 0 Å². The van der Waals surface area contributed by atoms with Gasteiger partial charge in [0, 0.05) is 22.8 Å². The molecule has 0 bridgehead atoms. The third-order valence-electron chi connectivity index (χ3n) is 4.44. The summed E-state index contributed by atoms with van der Waals surface area (Å²) in [5, 5.41) is 11.8. The molecule has 0 spiro atoms. The van der Waals surface area contributed by atoms with E-state index in [2.05, 4.69) is 66.1 Å². The highest BCUT2D eigenvalue weighted by Gasteiger charge is 2.13. The van der Waals surface area contributed by atoms with Crippen molar-refractivity contribution in [2.75, 3.05) is 0 Å². The number of hydrogen-bond acceptors (Lipinski definition) is 1. The van der Waals surface area contributed by atoms with Crippen LogP contribution < -0.4 is 0 Å². The number of nitrogens with zero attached hydrogens (tertiary/aromatic N) is 2. The predicted octanol–water partition coefficient (Wildman–Crippen LogP) is 5.25. The summed E-state index contributed by atoms with van der Waals surface area (Å²) in [6.07, 6.45) is 2.15. The van der Waals surface area contributed by atoms with Crippen molar-refractivity contribution in [1.82, 2.24) is 4.40 Å². The summed E-state index contributed by atoms with van der Waals surface area (Å²) >= 11 is 0. The lowest BCUT2D eigenvalue weighted by atomic mass is 9.98. The number of rotatable bonds is 1. The zero-order valence-corrected chi connectivity index (χ0v) is 13.2. The second-order valence-electron chi connectivity index (χ2n) is 5.98. The molecule has 2 aromatic heterocycles. The Kier molecular flexibility index (Phi) is 2.96. The Morgan fingerprint density at radius 3 is 2.30 bits per heavy atom. The summed E-state index contributed by atoms with van der Waals surface area (Å²) in [6.45, 7) is 4.14. The monoisotopic (exact) mass is 296 g/mol. The Bertz CT molecular complexity index is 1080. The van der Waals surface area contributed by atoms with E-state index >= 15 is 0 Å². The quantitative estimate of drug-likeness (QED) is 0.471. The standard InChI is InChI=1S/C21H16N2/c1-14-7-9-16(10-8-14)20-13-23-15(2)11-17(12-22)21(23)19-6-4-3-5-18(19)20/h3-11,13H,1-2H3. The van der Waals surface area contributed by atoms with Gasteiger partial charge in [-0.15, -0.1) is 0 Å². The van der Waals surface area contributed by atoms with E-state index in [1.807, 2.05) is 19.1 Å². The van der Waals surface area contributed by atoms with Crippen molar-refractivity contribution < 1.29 is 0 Å². The highest BCUT2D eigenvalue weighted by Crippen LogP contribution is 2.34. The van der Waals surface area contributed by atoms with Gasteiger partial charge in [0.25, 0.3) is 0 Å². The Labute approximate surface area is 135 Å². The van der Waals surface area contributed by atoms with Gasteiger partial charge in [0.15, 0.2) is 0 Å². The highest BCUT2D eigenvalue weighted by atomic mass is 14.9. The molecule has 2 aromatic carbocycles. The van der Waals surface area contributed by atoms with Crippen LogP contribution >= 0.6 is 0 Å². The minimum absolute atomic E-state index is 0.731. The van der Waals surface area contributed by atoms with Gasteiger partial charge < -0.3 is 4.40 Å². The van der Waals surface area contributed by atoms with Crippen molar-refractivity contribution in [3.63, 3.8) is 0 Å². The first-order valence-corrected chi connectivity index (χ1v) is 7.69. The molecule has 23 heavy (non-hydrogen) atoms. The second kappa shape index (κ2) is 5.00. The van der Waals surface area contributed by atoms with Gasteiger partial charge in [-0.25, -0.2) is 0 Å². The smallest absolute Gasteiger partial charge is 0.101 e. The lowest BCUT2D eigenvalue weighted by Crippen LogP contribution is -1.92. The van der Waals surface area contributed by atoms with Gasteiger partial charge in [0.05, 0.1) is 11.1 Å². The van der Waals surface area contributed by atoms with Crippen LogP contribution in [0.25, 0.3) is 27.4 Å². The fourth-order valence-electron chi connectivity index (χ4n) is 3.27. The number of pyridine rings is 1. The van der Waals surface area contributed by atoms with Gasteiger partial charge in [-0.3, -0.25) is 0 Å². The van der Waals surface area contributed by atoms with E-state index in [1.54, 1.807) is 0 Å². The largest absolute Gasteiger partial charge is 0.319 e. The number of hydrogen-bond donors (Lipinski definition) is 0. The van der Waals surface area contributed by atoms with Crippen molar-refractivity contribution >= 4 is 16.3 Å². The maximum atomic E-state index is 9.46. The molecule has 110 valence electrons. The minimum atomic E-state index is 0.731. The van der Waals surface area contributed by atoms with Crippen LogP contribution in [0.1, 0.15) is 16.8 Å². The Balaban J connectivity index is 2.18. The van der Waals surface area contributed by atoms with Crippen molar-refractivity contribution in [2.45, 2.75) is 13.8 Å². The Hall–Kier alpha value is -3.05. The third-order valence-corrected chi connectivity index (χ3v) is 4.44. The molecule has 0 fully saturated rings. The lowest BCUT2D eigenvalue weighted by molar-refractivity contribution is 1.12. The Morgan fingerprint density at radius 2 is 1.61 bits per heavy atom. The number of benzene rings is 2. The van der Waals surface area contributed by atoms with E-state index in [0.717, 1.165) is 22.2 Å². The maximum absolute atomic E-state index is 9.46. The number of fused-ring (bicyclic) bond motifs is 3. The average molecular weight is 296 g/mol. The van der Waals surface area contributed by atoms with Gasteiger partial charge in [-0.05, 0) is 30.9 Å². The zero-order chi connectivity index (χ0) is 16.0. The predicted molar refractivity (Wildman–Crippen MR) is 94.5 cm³/mol. The number of aryl methyl sites for hydroxylation is 2. The number of nitriles is 1. The summed E-state index contributed by atoms with van der Waals surface area (Å²) in [6, 6.07) is 21.2. The van der Waals surface area contributed by atoms with Crippen LogP contribution in [0.3, 0.4) is 0 Å². The van der Waals surface area contributed by atoms with Crippen molar-refractivity contribution in [2.24, 2.45) is 0 Å². The van der Waals surface area contributed by atoms with E-state index in [-0.39, 0.29) is 0 Å². The molecule has 0 saturated carbocycles. The van der Waals surface area contributed by atoms with E-state index in [4.69, 9.17) is 0 Å². The van der Waals surface area contributed by atoms with Crippen molar-refractivity contribution in [3.8, 4) is 17.2 Å². The number of aromatic nitrogens is 1. The molecule has 4 rings (SSSR count). The fraction of sp³-hybridized carbons (Fsp3) is 0.0952. The van der Waals surface area contributed by atoms with E-state index < -0.39 is 0 Å². The molecule has 0 aliphatic heterocycles. The van der Waals surface area contributed by atoms with Crippen LogP contribution in [0, 0.1) is 25.2 Å². The van der Waals surface area contributed by atoms with Crippen LogP contribution in [-0.4, -0.2) is 4.40 Å². The molecule has 0 amide bonds. The molecule has 0 saturated heterocycles. The van der Waals surface area contributed by atoms with Gasteiger partial charge in [0.1, 0.15) is 6.07 Å². The van der Waals surface area contributed by atoms with Crippen molar-refractivity contribution in [1.29, 1.82) is 5.26 Å². The summed E-state index contributed by atoms with van der Waals surface area (Å²) in [4.78, 5) is 0. The first-order chi connectivity index (χ1) is 11.2. The molecule has 0 radical (unpaired) electrons. The normalized spacial score (nSPS) is 11.0. The Morgan fingerprint density at radius 1 is 0.913 bits per heavy atom. The molecule has 0 aliphatic rings. The first kappa shape index (κ1) is 13.6. The van der Waals surface area contributed by atoms with Gasteiger partial charge in [-0.2, -0.15) is 5.26 Å². The molecular formula is C21H16N2. The van der Waals surface area contributed by atoms with Gasteiger partial charge in [-0.1, -0.05) is 54.1 Å². The topological polar surface area (TPSA) is 28.2 Å². The first-order valence-electron chi connectivity index (χ1n) is 7.69. The average Bonchev–Trinajstić information content (AvgIpc) is 2.91. The van der Waals surface area contributed by atoms with Crippen LogP contribution in [-0.2, 0) is 0 Å². The fourth-order valence-corrected chi connectivity index (χ4v) is 3.27. The van der Waals surface area contributed by atoms with Gasteiger partial charge in [0.2, 0.25) is 0 Å². The SMILES string of the molecule is Cc1ccc(-c2cn3c(C)cc(C#N)c3c3ccccc23)cc1. The molecule has 0 atom stereocenters. The summed E-state index contributed by atoms with van der Waals surface area (Å²) in [7, 11) is 0. The van der Waals surface area contributed by atoms with E-state index in [1.165, 1.54) is 22.1 Å². The third kappa shape index (κ3) is 2.02. The molecular weight excluding hydrogens is 280 g/mol. The summed E-state index contributed by atoms with van der Waals surface area (Å²) < 4.78 is 2.13. The zero-order valence-electron chi connectivity index (χ0n) is 13.2. The molecule has 4 aromatic rings. The van der Waals surface area contributed by atoms with E-state index in [9.17, 15) is 5.26 Å². The van der Waals surface area contributed by atoms with Gasteiger partial charge >= 0.3 is 0 Å². The summed E-state index contributed by atoms with van der Waals surface area (Å²) in [5.74, 6) is 0. The molecule has 2 heterocycles. The lowest BCUT2D eigenvalue weighted by Gasteiger charge is -2.11. The molecule has 0 unspecified atom stereocenters. The minimum Gasteiger partial charge on any atom is -0.319 e. The maximum Gasteiger partial charge on any atom is 0.101 e. The van der Waals surface area contributed by atoms with Crippen LogP contribution in [0.15, 0.2) is 60.8 Å². The van der Waals surface area contributed by atoms with Crippen molar-refractivity contribution in [3.05, 3.63) is 77.6 Å².